The Hall–Kier alpha value is -2.65. The third-order valence-electron chi connectivity index (χ3n) is 4.27. The summed E-state index contributed by atoms with van der Waals surface area (Å²) >= 11 is 4.58. The minimum atomic E-state index is -0.611. The number of amidine groups is 1. The van der Waals surface area contributed by atoms with Crippen molar-refractivity contribution < 1.29 is 19.1 Å². The average Bonchev–Trinajstić information content (AvgIpc) is 3.02. The number of halogens is 1. The number of nitrogens with one attached hydrogen (secondary N) is 1. The van der Waals surface area contributed by atoms with Crippen molar-refractivity contribution in [1.82, 2.24) is 4.90 Å². The molecule has 2 aromatic rings. The lowest BCUT2D eigenvalue weighted by Gasteiger charge is -2.15. The van der Waals surface area contributed by atoms with E-state index in [1.165, 1.54) is 23.8 Å². The maximum absolute atomic E-state index is 12.9. The molecule has 1 atom stereocenters. The van der Waals surface area contributed by atoms with Crippen molar-refractivity contribution >= 4 is 62.0 Å². The van der Waals surface area contributed by atoms with Crippen LogP contribution in [0, 0.1) is 0 Å². The number of nitrogens with zero attached hydrogens (tertiary/aromatic N) is 2. The number of hydrogen-bond acceptors (Lipinski definition) is 6. The number of ether oxygens (including phenoxy) is 1. The quantitative estimate of drug-likeness (QED) is 0.594. The van der Waals surface area contributed by atoms with Gasteiger partial charge in [-0.05, 0) is 36.4 Å². The van der Waals surface area contributed by atoms with Crippen LogP contribution in [0.2, 0.25) is 0 Å². The number of benzene rings is 2. The molecule has 9 heteroatoms. The van der Waals surface area contributed by atoms with Gasteiger partial charge in [-0.3, -0.25) is 19.3 Å². The highest BCUT2D eigenvalue weighted by Gasteiger charge is 2.39. The summed E-state index contributed by atoms with van der Waals surface area (Å²) in [6, 6.07) is 16.4. The Morgan fingerprint density at radius 1 is 1.17 bits per heavy atom. The fourth-order valence-electron chi connectivity index (χ4n) is 2.76. The van der Waals surface area contributed by atoms with E-state index in [0.29, 0.717) is 16.5 Å². The molecule has 0 saturated carbocycles. The molecule has 2 amide bonds. The van der Waals surface area contributed by atoms with E-state index < -0.39 is 11.2 Å². The van der Waals surface area contributed by atoms with Crippen LogP contribution >= 0.6 is 27.7 Å². The second kappa shape index (κ2) is 10.4. The molecule has 7 nitrogen and oxygen atoms in total. The van der Waals surface area contributed by atoms with Crippen LogP contribution in [-0.4, -0.2) is 46.8 Å². The van der Waals surface area contributed by atoms with Crippen molar-refractivity contribution in [2.45, 2.75) is 18.1 Å². The van der Waals surface area contributed by atoms with Crippen LogP contribution < -0.4 is 5.32 Å². The highest BCUT2D eigenvalue weighted by Crippen LogP contribution is 2.32. The number of rotatable bonds is 7. The Bertz CT molecular complexity index is 950. The topological polar surface area (TPSA) is 88.1 Å². The highest BCUT2D eigenvalue weighted by molar-refractivity contribution is 9.10. The third-order valence-corrected chi connectivity index (χ3v) is 5.97. The van der Waals surface area contributed by atoms with Crippen molar-refractivity contribution in [3.05, 3.63) is 59.1 Å². The van der Waals surface area contributed by atoms with Gasteiger partial charge >= 0.3 is 5.97 Å². The zero-order valence-corrected chi connectivity index (χ0v) is 18.6. The Labute approximate surface area is 187 Å². The molecule has 3 rings (SSSR count). The van der Waals surface area contributed by atoms with Crippen molar-refractivity contribution in [3.8, 4) is 0 Å². The molecular weight excluding hydrogens is 470 g/mol. The first-order valence-electron chi connectivity index (χ1n) is 9.20. The molecule has 1 fully saturated rings. The fraction of sp³-hybridized carbons (Fsp3) is 0.238. The van der Waals surface area contributed by atoms with Gasteiger partial charge in [-0.25, -0.2) is 4.99 Å². The van der Waals surface area contributed by atoms with Gasteiger partial charge in [0.05, 0.1) is 19.2 Å². The summed E-state index contributed by atoms with van der Waals surface area (Å²) in [5.74, 6) is -0.926. The predicted molar refractivity (Wildman–Crippen MR) is 121 cm³/mol. The van der Waals surface area contributed by atoms with E-state index in [0.717, 1.165) is 4.47 Å². The molecule has 0 aliphatic carbocycles. The molecular formula is C21H20BrN3O4S. The number of carbonyl (C=O) groups excluding carboxylic acids is 3. The first-order valence-corrected chi connectivity index (χ1v) is 10.9. The molecule has 1 N–H and O–H groups in total. The third kappa shape index (κ3) is 5.93. The zero-order valence-electron chi connectivity index (χ0n) is 16.2. The van der Waals surface area contributed by atoms with E-state index in [9.17, 15) is 14.4 Å². The summed E-state index contributed by atoms with van der Waals surface area (Å²) in [4.78, 5) is 42.9. The number of aliphatic imine (C=N–C) groups is 1. The van der Waals surface area contributed by atoms with Gasteiger partial charge in [0.25, 0.3) is 0 Å². The Morgan fingerprint density at radius 2 is 1.87 bits per heavy atom. The number of methoxy groups -OCH3 is 1. The van der Waals surface area contributed by atoms with Crippen molar-refractivity contribution in [2.24, 2.45) is 4.99 Å². The monoisotopic (exact) mass is 489 g/mol. The van der Waals surface area contributed by atoms with E-state index in [2.05, 4.69) is 31.0 Å². The first-order chi connectivity index (χ1) is 14.5. The maximum atomic E-state index is 12.9. The highest BCUT2D eigenvalue weighted by atomic mass is 79.9. The molecule has 2 aromatic carbocycles. The van der Waals surface area contributed by atoms with Crippen molar-refractivity contribution in [1.29, 1.82) is 0 Å². The van der Waals surface area contributed by atoms with Crippen LogP contribution in [-0.2, 0) is 19.1 Å². The number of hydrogen-bond donors (Lipinski definition) is 1. The maximum Gasteiger partial charge on any atom is 0.307 e. The number of para-hydroxylation sites is 1. The summed E-state index contributed by atoms with van der Waals surface area (Å²) in [7, 11) is 1.30. The van der Waals surface area contributed by atoms with Crippen molar-refractivity contribution in [2.75, 3.05) is 19.0 Å². The van der Waals surface area contributed by atoms with Gasteiger partial charge in [-0.1, -0.05) is 45.9 Å². The van der Waals surface area contributed by atoms with Gasteiger partial charge in [0.1, 0.15) is 5.25 Å². The van der Waals surface area contributed by atoms with E-state index >= 15 is 0 Å². The van der Waals surface area contributed by atoms with Gasteiger partial charge in [-0.2, -0.15) is 0 Å². The molecule has 1 aliphatic rings. The molecule has 0 radical (unpaired) electrons. The summed E-state index contributed by atoms with van der Waals surface area (Å²) in [6.07, 6.45) is 0.0521. The Morgan fingerprint density at radius 3 is 2.53 bits per heavy atom. The second-order valence-corrected chi connectivity index (χ2v) is 8.50. The van der Waals surface area contributed by atoms with Gasteiger partial charge in [0.2, 0.25) is 11.8 Å². The molecule has 0 unspecified atom stereocenters. The van der Waals surface area contributed by atoms with Crippen LogP contribution in [0.3, 0.4) is 0 Å². The summed E-state index contributed by atoms with van der Waals surface area (Å²) in [5, 5.41) is 2.66. The minimum absolute atomic E-state index is 0.00208. The number of esters is 1. The predicted octanol–water partition coefficient (Wildman–Crippen LogP) is 3.97. The molecule has 0 aromatic heterocycles. The van der Waals surface area contributed by atoms with Crippen LogP contribution in [0.25, 0.3) is 0 Å². The van der Waals surface area contributed by atoms with Gasteiger partial charge in [0.15, 0.2) is 5.17 Å². The fourth-order valence-corrected chi connectivity index (χ4v) is 4.21. The lowest BCUT2D eigenvalue weighted by atomic mass is 10.2. The molecule has 0 spiro atoms. The molecule has 1 saturated heterocycles. The standard InChI is InChI=1S/C21H20BrN3O4S/c1-29-19(27)11-12-25-20(28)17(30-21(25)24-15-5-3-2-4-6-15)13-18(26)23-16-9-7-14(22)8-10-16/h2-10,17H,11-13H2,1H3,(H,23,26)/t17-/m1/s1. The van der Waals surface area contributed by atoms with E-state index in [1.807, 2.05) is 42.5 Å². The normalized spacial score (nSPS) is 17.3. The van der Waals surface area contributed by atoms with Crippen molar-refractivity contribution in [3.63, 3.8) is 0 Å². The average molecular weight is 490 g/mol. The lowest BCUT2D eigenvalue weighted by molar-refractivity contribution is -0.141. The molecule has 0 bridgehead atoms. The van der Waals surface area contributed by atoms with E-state index in [1.54, 1.807) is 12.1 Å². The number of carbonyl (C=O) groups is 3. The zero-order chi connectivity index (χ0) is 21.5. The number of thioether (sulfide) groups is 1. The molecule has 156 valence electrons. The van der Waals surface area contributed by atoms with Gasteiger partial charge in [0, 0.05) is 23.1 Å². The van der Waals surface area contributed by atoms with Crippen LogP contribution in [0.4, 0.5) is 11.4 Å². The smallest absolute Gasteiger partial charge is 0.307 e. The number of amides is 2. The SMILES string of the molecule is COC(=O)CCN1C(=O)[C@@H](CC(=O)Nc2ccc(Br)cc2)SC1=Nc1ccccc1. The Balaban J connectivity index is 1.72. The van der Waals surface area contributed by atoms with Crippen LogP contribution in [0.15, 0.2) is 64.1 Å². The Kier molecular flexibility index (Phi) is 7.64. The first kappa shape index (κ1) is 22.0. The number of anilines is 1. The van der Waals surface area contributed by atoms with Gasteiger partial charge in [-0.15, -0.1) is 0 Å². The molecule has 30 heavy (non-hydrogen) atoms. The minimum Gasteiger partial charge on any atom is -0.469 e. The lowest BCUT2D eigenvalue weighted by Crippen LogP contribution is -2.35. The van der Waals surface area contributed by atoms with Crippen LogP contribution in [0.1, 0.15) is 12.8 Å². The summed E-state index contributed by atoms with van der Waals surface area (Å²) in [5.41, 5.74) is 1.34. The van der Waals surface area contributed by atoms with Gasteiger partial charge < -0.3 is 10.1 Å². The summed E-state index contributed by atoms with van der Waals surface area (Å²) < 4.78 is 5.58. The van der Waals surface area contributed by atoms with E-state index in [4.69, 9.17) is 0 Å². The van der Waals surface area contributed by atoms with Crippen LogP contribution in [0.5, 0.6) is 0 Å². The second-order valence-electron chi connectivity index (χ2n) is 6.41. The summed E-state index contributed by atoms with van der Waals surface area (Å²) in [6.45, 7) is 0.148. The largest absolute Gasteiger partial charge is 0.469 e. The van der Waals surface area contributed by atoms with E-state index in [-0.39, 0.29) is 31.2 Å². The molecule has 1 aliphatic heterocycles. The molecule has 1 heterocycles.